The van der Waals surface area contributed by atoms with Gasteiger partial charge in [0.25, 0.3) is 0 Å². The Morgan fingerprint density at radius 1 is 0.462 bits per heavy atom. The average molecular weight is 668 g/mol. The molecule has 3 heterocycles. The van der Waals surface area contributed by atoms with Crippen LogP contribution in [0, 0.1) is 0 Å². The molecule has 0 amide bonds. The molecule has 10 aromatic rings. The summed E-state index contributed by atoms with van der Waals surface area (Å²) in [5, 5.41) is 7.73. The summed E-state index contributed by atoms with van der Waals surface area (Å²) in [5.41, 5.74) is 8.68. The Kier molecular flexibility index (Phi) is 6.31. The van der Waals surface area contributed by atoms with Crippen LogP contribution in [0.3, 0.4) is 0 Å². The monoisotopic (exact) mass is 667 g/mol. The second-order valence-corrected chi connectivity index (χ2v) is 13.4. The number of allylic oxidation sites excluding steroid dienone is 1. The maximum absolute atomic E-state index is 6.48. The number of aryl methyl sites for hydroxylation is 1. The van der Waals surface area contributed by atoms with E-state index in [-0.39, 0.29) is 0 Å². The Balaban J connectivity index is 1.16. The number of para-hydroxylation sites is 2. The molecule has 5 nitrogen and oxygen atoms in total. The van der Waals surface area contributed by atoms with Gasteiger partial charge >= 0.3 is 0 Å². The van der Waals surface area contributed by atoms with Crippen molar-refractivity contribution in [1.82, 2.24) is 15.0 Å². The van der Waals surface area contributed by atoms with Crippen LogP contribution in [0.1, 0.15) is 17.7 Å². The summed E-state index contributed by atoms with van der Waals surface area (Å²) in [4.78, 5) is 15.6. The molecule has 0 fully saturated rings. The number of fused-ring (bicyclic) bond motifs is 8. The minimum atomic E-state index is 0.563. The van der Waals surface area contributed by atoms with E-state index in [1.165, 1.54) is 10.9 Å². The van der Waals surface area contributed by atoms with Crippen molar-refractivity contribution in [3.05, 3.63) is 157 Å². The van der Waals surface area contributed by atoms with E-state index in [0.29, 0.717) is 17.5 Å². The number of nitrogens with zero attached hydrogens (tertiary/aromatic N) is 3. The number of hydrogen-bond donors (Lipinski definition) is 0. The SMILES string of the molecule is C1=Cc2c(oc3cccc(-c4cccc5c(-c6nc(-c7ccc8ccccc8c7)nc(-c7cccc8c7oc7ccccc78)n6)cccc45)c23)CC1. The molecule has 1 aliphatic rings. The number of benzene rings is 7. The van der Waals surface area contributed by atoms with Crippen molar-refractivity contribution in [2.24, 2.45) is 0 Å². The first-order valence-electron chi connectivity index (χ1n) is 17.7. The molecule has 7 aromatic carbocycles. The second kappa shape index (κ2) is 11.3. The highest BCUT2D eigenvalue weighted by molar-refractivity contribution is 6.11. The predicted octanol–water partition coefficient (Wildman–Crippen LogP) is 12.5. The number of aromatic nitrogens is 3. The zero-order chi connectivity index (χ0) is 34.2. The summed E-state index contributed by atoms with van der Waals surface area (Å²) >= 11 is 0. The Bertz CT molecular complexity index is 3090. The minimum absolute atomic E-state index is 0.563. The van der Waals surface area contributed by atoms with Crippen LogP contribution in [0.4, 0.5) is 0 Å². The quantitative estimate of drug-likeness (QED) is 0.187. The molecule has 1 aliphatic carbocycles. The summed E-state index contributed by atoms with van der Waals surface area (Å²) in [7, 11) is 0. The summed E-state index contributed by atoms with van der Waals surface area (Å²) in [6.07, 6.45) is 6.38. The zero-order valence-corrected chi connectivity index (χ0v) is 28.0. The van der Waals surface area contributed by atoms with Crippen LogP contribution in [0.15, 0.2) is 154 Å². The van der Waals surface area contributed by atoms with Gasteiger partial charge in [0.15, 0.2) is 17.5 Å². The standard InChI is InChI=1S/C47H29N3O2/c1-2-12-29-27-30(26-25-28(29)11-1)45-48-46(50-47(49-45)39-21-9-19-36-34-13-3-5-22-40(34)52-44(36)39)37-20-8-15-31-32(16-7-17-33(31)37)35-18-10-24-42-43(35)38-14-4-6-23-41(38)51-42/h1-5,7-22,24-27H,6,23H2. The summed E-state index contributed by atoms with van der Waals surface area (Å²) in [6.45, 7) is 0. The predicted molar refractivity (Wildman–Crippen MR) is 211 cm³/mol. The fourth-order valence-electron chi connectivity index (χ4n) is 7.96. The van der Waals surface area contributed by atoms with Crippen molar-refractivity contribution in [2.45, 2.75) is 12.8 Å². The summed E-state index contributed by atoms with van der Waals surface area (Å²) in [6, 6.07) is 48.3. The van der Waals surface area contributed by atoms with E-state index in [1.54, 1.807) is 0 Å². The van der Waals surface area contributed by atoms with Crippen molar-refractivity contribution in [3.8, 4) is 45.3 Å². The molecule has 11 rings (SSSR count). The Morgan fingerprint density at radius 2 is 1.12 bits per heavy atom. The first kappa shape index (κ1) is 28.9. The van der Waals surface area contributed by atoms with Crippen molar-refractivity contribution in [2.75, 3.05) is 0 Å². The van der Waals surface area contributed by atoms with Crippen molar-refractivity contribution in [3.63, 3.8) is 0 Å². The third kappa shape index (κ3) is 4.46. The van der Waals surface area contributed by atoms with E-state index in [0.717, 1.165) is 95.5 Å². The zero-order valence-electron chi connectivity index (χ0n) is 28.0. The lowest BCUT2D eigenvalue weighted by molar-refractivity contribution is 0.546. The highest BCUT2D eigenvalue weighted by Gasteiger charge is 2.21. The smallest absolute Gasteiger partial charge is 0.167 e. The third-order valence-corrected chi connectivity index (χ3v) is 10.4. The number of hydrogen-bond acceptors (Lipinski definition) is 5. The van der Waals surface area contributed by atoms with E-state index < -0.39 is 0 Å². The van der Waals surface area contributed by atoms with Crippen LogP contribution in [0.5, 0.6) is 0 Å². The Hall–Kier alpha value is -6.85. The van der Waals surface area contributed by atoms with E-state index in [4.69, 9.17) is 23.8 Å². The highest BCUT2D eigenvalue weighted by Crippen LogP contribution is 2.42. The Labute approximate surface area is 298 Å². The van der Waals surface area contributed by atoms with Crippen LogP contribution < -0.4 is 0 Å². The maximum atomic E-state index is 6.48. The van der Waals surface area contributed by atoms with Gasteiger partial charge in [-0.2, -0.15) is 0 Å². The van der Waals surface area contributed by atoms with Crippen LogP contribution in [-0.2, 0) is 6.42 Å². The molecule has 244 valence electrons. The minimum Gasteiger partial charge on any atom is -0.460 e. The molecule has 0 radical (unpaired) electrons. The van der Waals surface area contributed by atoms with Gasteiger partial charge in [-0.25, -0.2) is 15.0 Å². The van der Waals surface area contributed by atoms with E-state index in [2.05, 4.69) is 121 Å². The first-order chi connectivity index (χ1) is 25.8. The lowest BCUT2D eigenvalue weighted by atomic mass is 9.91. The second-order valence-electron chi connectivity index (χ2n) is 13.4. The fourth-order valence-corrected chi connectivity index (χ4v) is 7.96. The van der Waals surface area contributed by atoms with Crippen molar-refractivity contribution >= 4 is 60.5 Å². The van der Waals surface area contributed by atoms with Crippen LogP contribution in [0.2, 0.25) is 0 Å². The summed E-state index contributed by atoms with van der Waals surface area (Å²) < 4.78 is 12.8. The topological polar surface area (TPSA) is 65.0 Å². The van der Waals surface area contributed by atoms with Gasteiger partial charge in [-0.05, 0) is 63.4 Å². The maximum Gasteiger partial charge on any atom is 0.167 e. The molecule has 3 aromatic heterocycles. The lowest BCUT2D eigenvalue weighted by Crippen LogP contribution is -2.01. The molecule has 0 unspecified atom stereocenters. The molecule has 0 bridgehead atoms. The van der Waals surface area contributed by atoms with Gasteiger partial charge in [0.05, 0.1) is 5.56 Å². The molecular weight excluding hydrogens is 639 g/mol. The van der Waals surface area contributed by atoms with E-state index in [9.17, 15) is 0 Å². The molecule has 5 heteroatoms. The number of rotatable bonds is 4. The normalized spacial score (nSPS) is 12.8. The molecule has 0 N–H and O–H groups in total. The lowest BCUT2D eigenvalue weighted by Gasteiger charge is -2.13. The van der Waals surface area contributed by atoms with Gasteiger partial charge in [0.1, 0.15) is 22.5 Å². The largest absolute Gasteiger partial charge is 0.460 e. The number of furan rings is 2. The van der Waals surface area contributed by atoms with E-state index >= 15 is 0 Å². The fraction of sp³-hybridized carbons (Fsp3) is 0.0426. The molecule has 0 atom stereocenters. The van der Waals surface area contributed by atoms with Gasteiger partial charge in [-0.1, -0.05) is 127 Å². The highest BCUT2D eigenvalue weighted by atomic mass is 16.3. The van der Waals surface area contributed by atoms with Crippen LogP contribution >= 0.6 is 0 Å². The van der Waals surface area contributed by atoms with Crippen molar-refractivity contribution in [1.29, 1.82) is 0 Å². The van der Waals surface area contributed by atoms with E-state index in [1.807, 2.05) is 30.3 Å². The molecule has 0 saturated carbocycles. The first-order valence-corrected chi connectivity index (χ1v) is 17.7. The molecule has 0 saturated heterocycles. The van der Waals surface area contributed by atoms with Gasteiger partial charge in [-0.15, -0.1) is 0 Å². The third-order valence-electron chi connectivity index (χ3n) is 10.4. The van der Waals surface area contributed by atoms with Crippen molar-refractivity contribution < 1.29 is 8.83 Å². The molecule has 0 aliphatic heterocycles. The molecular formula is C47H29N3O2. The Morgan fingerprint density at radius 3 is 2.02 bits per heavy atom. The average Bonchev–Trinajstić information content (AvgIpc) is 3.79. The van der Waals surface area contributed by atoms with Crippen LogP contribution in [-0.4, -0.2) is 15.0 Å². The van der Waals surface area contributed by atoms with Gasteiger partial charge < -0.3 is 8.83 Å². The van der Waals surface area contributed by atoms with Gasteiger partial charge in [0, 0.05) is 39.3 Å². The molecule has 52 heavy (non-hydrogen) atoms. The molecule has 0 spiro atoms. The van der Waals surface area contributed by atoms with Gasteiger partial charge in [-0.3, -0.25) is 0 Å². The van der Waals surface area contributed by atoms with Crippen LogP contribution in [0.25, 0.3) is 106 Å². The summed E-state index contributed by atoms with van der Waals surface area (Å²) in [5.74, 6) is 2.83. The van der Waals surface area contributed by atoms with Gasteiger partial charge in [0.2, 0.25) is 0 Å².